The number of thioether (sulfide) groups is 1. The Hall–Kier alpha value is -3.29. The molecule has 5 rings (SSSR count). The van der Waals surface area contributed by atoms with Gasteiger partial charge in [-0.05, 0) is 31.2 Å². The highest BCUT2D eigenvalue weighted by atomic mass is 35.5. The summed E-state index contributed by atoms with van der Waals surface area (Å²) in [6, 6.07) is 15.4. The number of halogens is 1. The third kappa shape index (κ3) is 3.74. The number of benzene rings is 2. The Kier molecular flexibility index (Phi) is 5.36. The number of ether oxygens (including phenoxy) is 1. The molecule has 8 heteroatoms. The van der Waals surface area contributed by atoms with Crippen molar-refractivity contribution >= 4 is 57.3 Å². The van der Waals surface area contributed by atoms with Gasteiger partial charge in [0.1, 0.15) is 18.2 Å². The molecule has 160 valence electrons. The van der Waals surface area contributed by atoms with E-state index in [1.807, 2.05) is 61.8 Å². The molecule has 0 spiro atoms. The number of hydrogen-bond donors (Lipinski definition) is 1. The number of allylic oxidation sites excluding steroid dienone is 1. The second kappa shape index (κ2) is 8.33. The van der Waals surface area contributed by atoms with Crippen molar-refractivity contribution in [3.63, 3.8) is 0 Å². The van der Waals surface area contributed by atoms with Crippen molar-refractivity contribution in [2.75, 3.05) is 6.61 Å². The van der Waals surface area contributed by atoms with Crippen LogP contribution >= 0.6 is 23.4 Å². The topological polar surface area (TPSA) is 70.7 Å². The summed E-state index contributed by atoms with van der Waals surface area (Å²) in [4.78, 5) is 19.5. The van der Waals surface area contributed by atoms with Gasteiger partial charge in [0.15, 0.2) is 5.17 Å². The van der Waals surface area contributed by atoms with Crippen molar-refractivity contribution in [3.05, 3.63) is 82.0 Å². The molecule has 1 aromatic heterocycles. The Balaban J connectivity index is 1.45. The molecule has 32 heavy (non-hydrogen) atoms. The molecule has 0 radical (unpaired) electrons. The number of carbonyl (C=O) groups is 1. The second-order valence-electron chi connectivity index (χ2n) is 7.39. The molecule has 3 aromatic rings. The van der Waals surface area contributed by atoms with E-state index in [9.17, 15) is 4.79 Å². The quantitative estimate of drug-likeness (QED) is 0.505. The first kappa shape index (κ1) is 20.6. The van der Waals surface area contributed by atoms with Crippen LogP contribution < -0.4 is 4.74 Å². The van der Waals surface area contributed by atoms with Crippen molar-refractivity contribution in [2.45, 2.75) is 13.5 Å². The maximum atomic E-state index is 12.7. The summed E-state index contributed by atoms with van der Waals surface area (Å²) < 4.78 is 7.93. The summed E-state index contributed by atoms with van der Waals surface area (Å²) in [6.07, 6.45) is 5.57. The first-order valence-electron chi connectivity index (χ1n) is 10.1. The largest absolute Gasteiger partial charge is 0.490 e. The number of aliphatic imine (C=N–C) groups is 1. The highest BCUT2D eigenvalue weighted by Gasteiger charge is 2.33. The molecule has 6 nitrogen and oxygen atoms in total. The lowest BCUT2D eigenvalue weighted by Crippen LogP contribution is -2.35. The van der Waals surface area contributed by atoms with Gasteiger partial charge in [-0.25, -0.2) is 0 Å². The van der Waals surface area contributed by atoms with Crippen molar-refractivity contribution in [3.8, 4) is 5.75 Å². The van der Waals surface area contributed by atoms with Gasteiger partial charge in [0.05, 0.1) is 17.1 Å². The molecule has 0 saturated carbocycles. The van der Waals surface area contributed by atoms with E-state index in [4.69, 9.17) is 21.7 Å². The highest BCUT2D eigenvalue weighted by molar-refractivity contribution is 8.17. The van der Waals surface area contributed by atoms with E-state index in [-0.39, 0.29) is 11.4 Å². The Bertz CT molecular complexity index is 1360. The van der Waals surface area contributed by atoms with Crippen LogP contribution in [-0.2, 0) is 11.3 Å². The molecule has 3 heterocycles. The molecule has 0 fully saturated rings. The third-order valence-corrected chi connectivity index (χ3v) is 6.45. The van der Waals surface area contributed by atoms with Gasteiger partial charge in [0, 0.05) is 33.8 Å². The van der Waals surface area contributed by atoms with Crippen LogP contribution in [0, 0.1) is 5.41 Å². The normalized spacial score (nSPS) is 17.1. The Labute approximate surface area is 194 Å². The van der Waals surface area contributed by atoms with Crippen LogP contribution in [0.3, 0.4) is 0 Å². The number of rotatable bonds is 5. The van der Waals surface area contributed by atoms with Gasteiger partial charge in [-0.15, -0.1) is 0 Å². The summed E-state index contributed by atoms with van der Waals surface area (Å²) in [6.45, 7) is 2.98. The Morgan fingerprint density at radius 3 is 2.81 bits per heavy atom. The van der Waals surface area contributed by atoms with E-state index in [1.54, 1.807) is 17.0 Å². The van der Waals surface area contributed by atoms with Crippen molar-refractivity contribution in [1.29, 1.82) is 5.41 Å². The number of nitrogens with zero attached hydrogens (tertiary/aromatic N) is 3. The van der Waals surface area contributed by atoms with Crippen LogP contribution in [0.4, 0.5) is 0 Å². The summed E-state index contributed by atoms with van der Waals surface area (Å²) in [5.74, 6) is 0.397. The van der Waals surface area contributed by atoms with Gasteiger partial charge in [-0.3, -0.25) is 15.1 Å². The van der Waals surface area contributed by atoms with E-state index in [2.05, 4.69) is 9.56 Å². The number of amides is 1. The van der Waals surface area contributed by atoms with Crippen LogP contribution in [0.25, 0.3) is 17.0 Å². The predicted molar refractivity (Wildman–Crippen MR) is 130 cm³/mol. The number of carbonyl (C=O) groups excluding carboxylic acids is 1. The molecule has 0 aliphatic carbocycles. The molecular weight excluding hydrogens is 444 g/mol. The first-order valence-corrected chi connectivity index (χ1v) is 11.2. The molecule has 1 N–H and O–H groups in total. The lowest BCUT2D eigenvalue weighted by Gasteiger charge is -2.22. The second-order valence-corrected chi connectivity index (χ2v) is 9.01. The average Bonchev–Trinajstić information content (AvgIpc) is 3.33. The van der Waals surface area contributed by atoms with Gasteiger partial charge in [0.2, 0.25) is 0 Å². The maximum Gasteiger partial charge on any atom is 0.283 e. The molecule has 2 aliphatic rings. The molecule has 0 bridgehead atoms. The first-order chi connectivity index (χ1) is 15.5. The highest BCUT2D eigenvalue weighted by Crippen LogP contribution is 2.33. The monoisotopic (exact) mass is 462 g/mol. The number of hydrogen-bond acceptors (Lipinski definition) is 4. The SMILES string of the molecule is CC1=CN2C(=N)/C(=C/c3cn(CCOc4ccccc4Cl)c4ccccc34)C(=O)N=C2S1. The van der Waals surface area contributed by atoms with E-state index < -0.39 is 5.91 Å². The minimum Gasteiger partial charge on any atom is -0.490 e. The lowest BCUT2D eigenvalue weighted by atomic mass is 10.1. The molecular formula is C24H19ClN4O2S. The standard InChI is InChI=1S/C24H19ClN4O2S/c1-15-13-29-22(26)18(23(30)27-24(29)32-15)12-16-14-28(20-8-4-2-6-17(16)20)10-11-31-21-9-5-3-7-19(21)25/h2-9,12-14,26H,10-11H2,1H3/b18-12-,26-22?. The Morgan fingerprint density at radius 2 is 1.97 bits per heavy atom. The van der Waals surface area contributed by atoms with E-state index >= 15 is 0 Å². The van der Waals surface area contributed by atoms with Crippen LogP contribution in [0.1, 0.15) is 12.5 Å². The van der Waals surface area contributed by atoms with E-state index in [1.165, 1.54) is 11.8 Å². The zero-order valence-electron chi connectivity index (χ0n) is 17.2. The minimum atomic E-state index is -0.393. The summed E-state index contributed by atoms with van der Waals surface area (Å²) in [5, 5.41) is 10.7. The van der Waals surface area contributed by atoms with Crippen LogP contribution in [0.5, 0.6) is 5.75 Å². The molecule has 2 aromatic carbocycles. The summed E-state index contributed by atoms with van der Waals surface area (Å²) >= 11 is 7.58. The molecule has 0 unspecified atom stereocenters. The lowest BCUT2D eigenvalue weighted by molar-refractivity contribution is -0.114. The van der Waals surface area contributed by atoms with E-state index in [0.29, 0.717) is 29.1 Å². The summed E-state index contributed by atoms with van der Waals surface area (Å²) in [5.41, 5.74) is 2.15. The van der Waals surface area contributed by atoms with Crippen molar-refractivity contribution in [2.24, 2.45) is 4.99 Å². The zero-order valence-corrected chi connectivity index (χ0v) is 18.8. The minimum absolute atomic E-state index is 0.142. The fraction of sp³-hybridized carbons (Fsp3) is 0.125. The average molecular weight is 463 g/mol. The van der Waals surface area contributed by atoms with Crippen LogP contribution in [0.15, 0.2) is 76.4 Å². The van der Waals surface area contributed by atoms with Crippen molar-refractivity contribution < 1.29 is 9.53 Å². The van der Waals surface area contributed by atoms with Gasteiger partial charge < -0.3 is 9.30 Å². The van der Waals surface area contributed by atoms with Gasteiger partial charge >= 0.3 is 0 Å². The van der Waals surface area contributed by atoms with Crippen LogP contribution in [-0.4, -0.2) is 33.0 Å². The van der Waals surface area contributed by atoms with Gasteiger partial charge in [-0.2, -0.15) is 4.99 Å². The van der Waals surface area contributed by atoms with Gasteiger partial charge in [0.25, 0.3) is 5.91 Å². The maximum absolute atomic E-state index is 12.7. The van der Waals surface area contributed by atoms with E-state index in [0.717, 1.165) is 21.4 Å². The van der Waals surface area contributed by atoms with Crippen molar-refractivity contribution in [1.82, 2.24) is 9.47 Å². The summed E-state index contributed by atoms with van der Waals surface area (Å²) in [7, 11) is 0. The molecule has 1 amide bonds. The third-order valence-electron chi connectivity index (χ3n) is 5.24. The molecule has 0 saturated heterocycles. The van der Waals surface area contributed by atoms with Crippen LogP contribution in [0.2, 0.25) is 5.02 Å². The van der Waals surface area contributed by atoms with Gasteiger partial charge in [-0.1, -0.05) is 53.7 Å². The zero-order chi connectivity index (χ0) is 22.2. The Morgan fingerprint density at radius 1 is 1.19 bits per heavy atom. The number of para-hydroxylation sites is 2. The number of nitrogens with one attached hydrogen (secondary N) is 1. The number of amidine groups is 2. The predicted octanol–water partition coefficient (Wildman–Crippen LogP) is 5.54. The molecule has 2 aliphatic heterocycles. The number of aromatic nitrogens is 1. The number of fused-ring (bicyclic) bond motifs is 2. The fourth-order valence-corrected chi connectivity index (χ4v) is 4.76. The molecule has 0 atom stereocenters. The smallest absolute Gasteiger partial charge is 0.283 e. The fourth-order valence-electron chi connectivity index (χ4n) is 3.75.